The van der Waals surface area contributed by atoms with Gasteiger partial charge >= 0.3 is 0 Å². The quantitative estimate of drug-likeness (QED) is 0.453. The molecule has 2 aromatic heterocycles. The van der Waals surface area contributed by atoms with Crippen molar-refractivity contribution < 1.29 is 13.6 Å². The first kappa shape index (κ1) is 22.9. The lowest BCUT2D eigenvalue weighted by Gasteiger charge is -2.28. The molecule has 3 heterocycles. The number of anilines is 2. The molecule has 0 saturated carbocycles. The Balaban J connectivity index is 1.55. The number of carbonyl (C=O) groups is 1. The summed E-state index contributed by atoms with van der Waals surface area (Å²) in [7, 11) is 1.95. The second-order valence-electron chi connectivity index (χ2n) is 8.59. The van der Waals surface area contributed by atoms with E-state index in [0.717, 1.165) is 54.1 Å². The normalized spacial score (nSPS) is 15.7. The van der Waals surface area contributed by atoms with Crippen LogP contribution in [-0.4, -0.2) is 44.6 Å². The van der Waals surface area contributed by atoms with Crippen LogP contribution in [0.25, 0.3) is 22.4 Å². The number of rotatable bonds is 5. The van der Waals surface area contributed by atoms with E-state index in [1.807, 2.05) is 30.7 Å². The van der Waals surface area contributed by atoms with Gasteiger partial charge in [0, 0.05) is 32.4 Å². The van der Waals surface area contributed by atoms with E-state index in [0.29, 0.717) is 12.2 Å². The summed E-state index contributed by atoms with van der Waals surface area (Å²) < 4.78 is 30.5. The Morgan fingerprint density at radius 3 is 2.69 bits per heavy atom. The summed E-state index contributed by atoms with van der Waals surface area (Å²) in [5, 5.41) is 2.93. The lowest BCUT2D eigenvalue weighted by molar-refractivity contribution is 0.102. The molecule has 0 spiro atoms. The first-order chi connectivity index (χ1) is 16.9. The number of aryl methyl sites for hydroxylation is 2. The zero-order valence-electron chi connectivity index (χ0n) is 19.4. The van der Waals surface area contributed by atoms with Gasteiger partial charge in [-0.2, -0.15) is 0 Å². The third-order valence-corrected chi connectivity index (χ3v) is 6.51. The summed E-state index contributed by atoms with van der Waals surface area (Å²) >= 11 is 0. The number of fused-ring (bicyclic) bond motifs is 1. The van der Waals surface area contributed by atoms with Crippen molar-refractivity contribution in [2.24, 2.45) is 12.8 Å². The van der Waals surface area contributed by atoms with E-state index in [2.05, 4.69) is 20.2 Å². The van der Waals surface area contributed by atoms with E-state index < -0.39 is 17.5 Å². The number of nitrogens with one attached hydrogen (secondary N) is 1. The molecule has 3 N–H and O–H groups in total. The lowest BCUT2D eigenvalue weighted by Crippen LogP contribution is -2.36. The molecule has 1 saturated heterocycles. The van der Waals surface area contributed by atoms with Gasteiger partial charge in [0.25, 0.3) is 5.91 Å². The Bertz CT molecular complexity index is 1410. The molecule has 8 nitrogen and oxygen atoms in total. The van der Waals surface area contributed by atoms with Gasteiger partial charge in [0.1, 0.15) is 28.7 Å². The molecule has 1 aliphatic rings. The van der Waals surface area contributed by atoms with Crippen LogP contribution in [0.4, 0.5) is 20.2 Å². The van der Waals surface area contributed by atoms with Crippen molar-refractivity contribution in [3.8, 4) is 11.4 Å². The highest BCUT2D eigenvalue weighted by atomic mass is 19.1. The van der Waals surface area contributed by atoms with Crippen molar-refractivity contribution in [1.29, 1.82) is 0 Å². The van der Waals surface area contributed by atoms with Gasteiger partial charge in [-0.25, -0.2) is 23.7 Å². The molecular formula is C25H25F2N7O. The Hall–Kier alpha value is -3.92. The summed E-state index contributed by atoms with van der Waals surface area (Å²) in [6, 6.07) is 8.77. The van der Waals surface area contributed by atoms with Gasteiger partial charge in [-0.15, -0.1) is 0 Å². The smallest absolute Gasteiger partial charge is 0.274 e. The Morgan fingerprint density at radius 2 is 1.94 bits per heavy atom. The minimum absolute atomic E-state index is 0.0160. The minimum Gasteiger partial charge on any atom is -0.364 e. The summed E-state index contributed by atoms with van der Waals surface area (Å²) in [5.41, 5.74) is 8.75. The topological polar surface area (TPSA) is 102 Å². The maximum atomic E-state index is 14.2. The van der Waals surface area contributed by atoms with E-state index in [1.54, 1.807) is 0 Å². The molecule has 35 heavy (non-hydrogen) atoms. The molecule has 1 unspecified atom stereocenters. The van der Waals surface area contributed by atoms with Crippen LogP contribution in [0.3, 0.4) is 0 Å². The first-order valence-corrected chi connectivity index (χ1v) is 11.4. The number of aromatic nitrogens is 4. The fourth-order valence-corrected chi connectivity index (χ4v) is 4.63. The zero-order valence-corrected chi connectivity index (χ0v) is 19.4. The Morgan fingerprint density at radius 1 is 1.17 bits per heavy atom. The van der Waals surface area contributed by atoms with Crippen molar-refractivity contribution in [3.63, 3.8) is 0 Å². The van der Waals surface area contributed by atoms with Crippen LogP contribution in [0.15, 0.2) is 42.6 Å². The Labute approximate surface area is 200 Å². The highest BCUT2D eigenvalue weighted by Crippen LogP contribution is 2.38. The van der Waals surface area contributed by atoms with Crippen molar-refractivity contribution in [2.45, 2.75) is 25.8 Å². The molecule has 10 heteroatoms. The molecule has 180 valence electrons. The average Bonchev–Trinajstić information content (AvgIpc) is 3.43. The number of imidazole rings is 1. The predicted octanol–water partition coefficient (Wildman–Crippen LogP) is 3.80. The third kappa shape index (κ3) is 3.99. The van der Waals surface area contributed by atoms with Crippen LogP contribution in [0.1, 0.15) is 29.2 Å². The van der Waals surface area contributed by atoms with Gasteiger partial charge in [0.15, 0.2) is 5.82 Å². The molecule has 0 aliphatic carbocycles. The second-order valence-corrected chi connectivity index (χ2v) is 8.59. The second kappa shape index (κ2) is 9.03. The van der Waals surface area contributed by atoms with Crippen molar-refractivity contribution in [2.75, 3.05) is 23.3 Å². The lowest BCUT2D eigenvalue weighted by atomic mass is 10.1. The highest BCUT2D eigenvalue weighted by Gasteiger charge is 2.29. The maximum absolute atomic E-state index is 14.2. The zero-order chi connectivity index (χ0) is 24.7. The number of halogens is 2. The molecule has 0 radical (unpaired) electrons. The van der Waals surface area contributed by atoms with Gasteiger partial charge in [-0.1, -0.05) is 6.07 Å². The Kier molecular flexibility index (Phi) is 5.89. The number of carbonyl (C=O) groups excluding carboxylic acids is 1. The molecular weight excluding hydrogens is 452 g/mol. The largest absolute Gasteiger partial charge is 0.364 e. The maximum Gasteiger partial charge on any atom is 0.274 e. The SMILES string of the molecule is Cc1nc2c(N3CCCC3CN)c(NC(=O)c3ccnc(-c4c(F)cccc4F)n3)ccc2n1C. The van der Waals surface area contributed by atoms with Gasteiger partial charge in [0.05, 0.1) is 22.5 Å². The number of hydrogen-bond acceptors (Lipinski definition) is 6. The molecule has 1 amide bonds. The molecule has 1 aliphatic heterocycles. The molecule has 1 atom stereocenters. The number of nitrogens with zero attached hydrogens (tertiary/aromatic N) is 5. The highest BCUT2D eigenvalue weighted by molar-refractivity contribution is 6.08. The van der Waals surface area contributed by atoms with Gasteiger partial charge < -0.3 is 20.5 Å². The van der Waals surface area contributed by atoms with Crippen molar-refractivity contribution in [1.82, 2.24) is 19.5 Å². The molecule has 2 aromatic carbocycles. The van der Waals surface area contributed by atoms with Crippen LogP contribution >= 0.6 is 0 Å². The van der Waals surface area contributed by atoms with E-state index in [-0.39, 0.29) is 23.1 Å². The van der Waals surface area contributed by atoms with Crippen molar-refractivity contribution in [3.05, 3.63) is 65.7 Å². The standard InChI is InChI=1S/C25H25F2N7O/c1-14-30-22-20(33(14)2)9-8-18(23(22)34-12-4-5-15(34)13-28)32-25(35)19-10-11-29-24(31-19)21-16(26)6-3-7-17(21)27/h3,6-11,15H,4-5,12-13,28H2,1-2H3,(H,32,35). The van der Waals surface area contributed by atoms with Crippen molar-refractivity contribution >= 4 is 28.3 Å². The summed E-state index contributed by atoms with van der Waals surface area (Å²) in [6.45, 7) is 3.21. The summed E-state index contributed by atoms with van der Waals surface area (Å²) in [6.07, 6.45) is 3.25. The summed E-state index contributed by atoms with van der Waals surface area (Å²) in [4.78, 5) is 28.3. The summed E-state index contributed by atoms with van der Waals surface area (Å²) in [5.74, 6) is -1.49. The minimum atomic E-state index is -0.803. The van der Waals surface area contributed by atoms with E-state index in [1.165, 1.54) is 18.3 Å². The monoisotopic (exact) mass is 477 g/mol. The first-order valence-electron chi connectivity index (χ1n) is 11.4. The van der Waals surface area contributed by atoms with Crippen LogP contribution in [0.5, 0.6) is 0 Å². The average molecular weight is 478 g/mol. The molecule has 4 aromatic rings. The number of amides is 1. The predicted molar refractivity (Wildman–Crippen MR) is 130 cm³/mol. The van der Waals surface area contributed by atoms with Crippen LogP contribution in [0, 0.1) is 18.6 Å². The van der Waals surface area contributed by atoms with E-state index in [4.69, 9.17) is 10.7 Å². The number of hydrogen-bond donors (Lipinski definition) is 2. The van der Waals surface area contributed by atoms with Gasteiger partial charge in [0.2, 0.25) is 0 Å². The third-order valence-electron chi connectivity index (χ3n) is 6.51. The van der Waals surface area contributed by atoms with Gasteiger partial charge in [-0.05, 0) is 50.1 Å². The fraction of sp³-hybridized carbons (Fsp3) is 0.280. The van der Waals surface area contributed by atoms with Gasteiger partial charge in [-0.3, -0.25) is 4.79 Å². The van der Waals surface area contributed by atoms with Crippen LogP contribution in [-0.2, 0) is 7.05 Å². The van der Waals surface area contributed by atoms with E-state index >= 15 is 0 Å². The van der Waals surface area contributed by atoms with Crippen LogP contribution < -0.4 is 16.0 Å². The fourth-order valence-electron chi connectivity index (χ4n) is 4.63. The molecule has 5 rings (SSSR count). The number of nitrogens with two attached hydrogens (primary N) is 1. The molecule has 1 fully saturated rings. The van der Waals surface area contributed by atoms with Crippen LogP contribution in [0.2, 0.25) is 0 Å². The number of benzene rings is 2. The van der Waals surface area contributed by atoms with E-state index in [9.17, 15) is 13.6 Å². The molecule has 0 bridgehead atoms.